The number of nitrogens with one attached hydrogen (secondary N) is 1. The predicted molar refractivity (Wildman–Crippen MR) is 69.7 cm³/mol. The van der Waals surface area contributed by atoms with Crippen molar-refractivity contribution in [3.63, 3.8) is 0 Å². The number of halogens is 1. The smallest absolute Gasteiger partial charge is 0.252 e. The van der Waals surface area contributed by atoms with Crippen LogP contribution in [0.2, 0.25) is 0 Å². The first-order valence-corrected chi connectivity index (χ1v) is 6.34. The van der Waals surface area contributed by atoms with E-state index in [2.05, 4.69) is 21.2 Å². The molecule has 0 aromatic heterocycles. The van der Waals surface area contributed by atoms with Crippen molar-refractivity contribution in [3.05, 3.63) is 46.5 Å². The first-order chi connectivity index (χ1) is 8.20. The van der Waals surface area contributed by atoms with Crippen LogP contribution in [0.25, 0.3) is 0 Å². The lowest BCUT2D eigenvalue weighted by Crippen LogP contribution is -2.33. The lowest BCUT2D eigenvalue weighted by atomic mass is 10.1. The Labute approximate surface area is 109 Å². The quantitative estimate of drug-likeness (QED) is 0.839. The molecule has 3 nitrogen and oxygen atoms in total. The van der Waals surface area contributed by atoms with Gasteiger partial charge in [-0.15, -0.1) is 0 Å². The number of amides is 1. The SMILES string of the molecule is O=C(N[C@@H]1C=C[C@H](CO)C1)c1ccccc1Br. The van der Waals surface area contributed by atoms with Gasteiger partial charge in [0, 0.05) is 23.0 Å². The summed E-state index contributed by atoms with van der Waals surface area (Å²) in [6.45, 7) is 0.137. The van der Waals surface area contributed by atoms with Gasteiger partial charge in [-0.1, -0.05) is 24.3 Å². The fourth-order valence-electron chi connectivity index (χ4n) is 1.91. The van der Waals surface area contributed by atoms with Crippen molar-refractivity contribution in [1.82, 2.24) is 5.32 Å². The molecule has 0 saturated carbocycles. The maximum atomic E-state index is 12.0. The number of hydrogen-bond donors (Lipinski definition) is 2. The van der Waals surface area contributed by atoms with E-state index < -0.39 is 0 Å². The fourth-order valence-corrected chi connectivity index (χ4v) is 2.37. The zero-order chi connectivity index (χ0) is 12.3. The van der Waals surface area contributed by atoms with E-state index in [-0.39, 0.29) is 24.5 Å². The molecule has 0 unspecified atom stereocenters. The zero-order valence-corrected chi connectivity index (χ0v) is 10.9. The molecule has 90 valence electrons. The molecule has 0 bridgehead atoms. The van der Waals surface area contributed by atoms with Gasteiger partial charge in [0.2, 0.25) is 0 Å². The minimum atomic E-state index is -0.0919. The Hall–Kier alpha value is -1.13. The number of carbonyl (C=O) groups is 1. The summed E-state index contributed by atoms with van der Waals surface area (Å²) in [6.07, 6.45) is 4.66. The molecule has 1 aromatic rings. The lowest BCUT2D eigenvalue weighted by molar-refractivity contribution is 0.0940. The van der Waals surface area contributed by atoms with E-state index in [1.807, 2.05) is 30.4 Å². The molecular formula is C13H14BrNO2. The molecule has 4 heteroatoms. The minimum absolute atomic E-state index is 0.0201. The van der Waals surface area contributed by atoms with E-state index in [1.54, 1.807) is 6.07 Å². The first kappa shape index (κ1) is 12.3. The topological polar surface area (TPSA) is 49.3 Å². The van der Waals surface area contributed by atoms with Crippen molar-refractivity contribution in [2.45, 2.75) is 12.5 Å². The van der Waals surface area contributed by atoms with Crippen LogP contribution >= 0.6 is 15.9 Å². The van der Waals surface area contributed by atoms with Crippen LogP contribution in [0.3, 0.4) is 0 Å². The average molecular weight is 296 g/mol. The maximum absolute atomic E-state index is 12.0. The van der Waals surface area contributed by atoms with E-state index in [0.29, 0.717) is 5.56 Å². The molecule has 1 amide bonds. The Bertz CT molecular complexity index is 445. The highest BCUT2D eigenvalue weighted by molar-refractivity contribution is 9.10. The summed E-state index contributed by atoms with van der Waals surface area (Å²) in [7, 11) is 0. The van der Waals surface area contributed by atoms with Gasteiger partial charge in [-0.2, -0.15) is 0 Å². The Morgan fingerprint density at radius 3 is 2.82 bits per heavy atom. The third-order valence-corrected chi connectivity index (χ3v) is 3.53. The van der Waals surface area contributed by atoms with Crippen molar-refractivity contribution in [2.24, 2.45) is 5.92 Å². The van der Waals surface area contributed by atoms with Crippen LogP contribution in [0.4, 0.5) is 0 Å². The Balaban J connectivity index is 1.99. The van der Waals surface area contributed by atoms with E-state index in [0.717, 1.165) is 10.9 Å². The Morgan fingerprint density at radius 1 is 1.41 bits per heavy atom. The summed E-state index contributed by atoms with van der Waals surface area (Å²) in [5.74, 6) is 0.0743. The molecule has 2 atom stereocenters. The highest BCUT2D eigenvalue weighted by atomic mass is 79.9. The van der Waals surface area contributed by atoms with Crippen molar-refractivity contribution in [2.75, 3.05) is 6.61 Å². The number of benzene rings is 1. The molecule has 0 spiro atoms. The van der Waals surface area contributed by atoms with Crippen molar-refractivity contribution in [1.29, 1.82) is 0 Å². The van der Waals surface area contributed by atoms with Crippen molar-refractivity contribution < 1.29 is 9.90 Å². The summed E-state index contributed by atoms with van der Waals surface area (Å²) in [6, 6.07) is 7.35. The van der Waals surface area contributed by atoms with E-state index in [9.17, 15) is 4.79 Å². The van der Waals surface area contributed by atoms with Gasteiger partial charge in [0.1, 0.15) is 0 Å². The molecule has 0 radical (unpaired) electrons. The number of carbonyl (C=O) groups excluding carboxylic acids is 1. The molecule has 17 heavy (non-hydrogen) atoms. The third-order valence-electron chi connectivity index (χ3n) is 2.84. The monoisotopic (exact) mass is 295 g/mol. The maximum Gasteiger partial charge on any atom is 0.252 e. The second kappa shape index (κ2) is 5.47. The van der Waals surface area contributed by atoms with Crippen LogP contribution in [-0.4, -0.2) is 23.7 Å². The van der Waals surface area contributed by atoms with Gasteiger partial charge >= 0.3 is 0 Å². The number of aliphatic hydroxyl groups is 1. The van der Waals surface area contributed by atoms with Gasteiger partial charge in [-0.3, -0.25) is 4.79 Å². The largest absolute Gasteiger partial charge is 0.396 e. The van der Waals surface area contributed by atoms with Gasteiger partial charge in [0.05, 0.1) is 5.56 Å². The van der Waals surface area contributed by atoms with Crippen molar-refractivity contribution >= 4 is 21.8 Å². The predicted octanol–water partition coefficient (Wildman–Crippen LogP) is 2.12. The number of rotatable bonds is 3. The highest BCUT2D eigenvalue weighted by Crippen LogP contribution is 2.19. The van der Waals surface area contributed by atoms with E-state index in [4.69, 9.17) is 5.11 Å². The molecule has 1 aromatic carbocycles. The second-order valence-corrected chi connectivity index (χ2v) is 4.98. The summed E-state index contributed by atoms with van der Waals surface area (Å²) >= 11 is 3.35. The second-order valence-electron chi connectivity index (χ2n) is 4.12. The summed E-state index contributed by atoms with van der Waals surface area (Å²) < 4.78 is 0.790. The fraction of sp³-hybridized carbons (Fsp3) is 0.308. The Morgan fingerprint density at radius 2 is 2.18 bits per heavy atom. The third kappa shape index (κ3) is 2.96. The molecule has 2 N–H and O–H groups in total. The standard InChI is InChI=1S/C13H14BrNO2/c14-12-4-2-1-3-11(12)13(17)15-10-6-5-9(7-10)8-16/h1-6,9-10,16H,7-8H2,(H,15,17)/t9-,10+/m0/s1. The normalized spacial score (nSPS) is 22.7. The first-order valence-electron chi connectivity index (χ1n) is 5.55. The van der Waals surface area contributed by atoms with Gasteiger partial charge in [0.15, 0.2) is 0 Å². The van der Waals surface area contributed by atoms with Gasteiger partial charge < -0.3 is 10.4 Å². The van der Waals surface area contributed by atoms with E-state index >= 15 is 0 Å². The molecule has 0 saturated heterocycles. The van der Waals surface area contributed by atoms with Crippen molar-refractivity contribution in [3.8, 4) is 0 Å². The van der Waals surface area contributed by atoms with Gasteiger partial charge in [0.25, 0.3) is 5.91 Å². The average Bonchev–Trinajstić information content (AvgIpc) is 2.77. The summed E-state index contributed by atoms with van der Waals surface area (Å²) in [5.41, 5.74) is 0.633. The van der Waals surface area contributed by atoms with Crippen LogP contribution in [0, 0.1) is 5.92 Å². The Kier molecular flexibility index (Phi) is 3.97. The number of aliphatic hydroxyl groups excluding tert-OH is 1. The molecule has 0 heterocycles. The van der Waals surface area contributed by atoms with Crippen LogP contribution in [0.5, 0.6) is 0 Å². The molecule has 0 aliphatic heterocycles. The highest BCUT2D eigenvalue weighted by Gasteiger charge is 2.20. The molecular weight excluding hydrogens is 282 g/mol. The molecule has 2 rings (SSSR count). The molecule has 0 fully saturated rings. The van der Waals surface area contributed by atoms with Crippen LogP contribution in [-0.2, 0) is 0 Å². The van der Waals surface area contributed by atoms with Crippen LogP contribution in [0.1, 0.15) is 16.8 Å². The lowest BCUT2D eigenvalue weighted by Gasteiger charge is -2.13. The van der Waals surface area contributed by atoms with Crippen LogP contribution < -0.4 is 5.32 Å². The minimum Gasteiger partial charge on any atom is -0.396 e. The van der Waals surface area contributed by atoms with Gasteiger partial charge in [-0.25, -0.2) is 0 Å². The van der Waals surface area contributed by atoms with E-state index in [1.165, 1.54) is 0 Å². The zero-order valence-electron chi connectivity index (χ0n) is 9.27. The summed E-state index contributed by atoms with van der Waals surface area (Å²) in [4.78, 5) is 12.0. The number of hydrogen-bond acceptors (Lipinski definition) is 2. The summed E-state index contributed by atoms with van der Waals surface area (Å²) in [5, 5.41) is 11.9. The van der Waals surface area contributed by atoms with Crippen LogP contribution in [0.15, 0.2) is 40.9 Å². The van der Waals surface area contributed by atoms with Gasteiger partial charge in [-0.05, 0) is 34.5 Å². The molecule has 1 aliphatic rings. The molecule has 1 aliphatic carbocycles.